The Hall–Kier alpha value is -1.86. The molecular formula is C16H19BrN4OS. The lowest BCUT2D eigenvalue weighted by Gasteiger charge is -2.12. The van der Waals surface area contributed by atoms with Crippen LogP contribution in [0.2, 0.25) is 0 Å². The highest BCUT2D eigenvalue weighted by atomic mass is 79.9. The molecule has 1 aromatic carbocycles. The van der Waals surface area contributed by atoms with E-state index in [2.05, 4.69) is 48.3 Å². The first-order chi connectivity index (χ1) is 11.2. The molecule has 0 aliphatic carbocycles. The van der Waals surface area contributed by atoms with Crippen LogP contribution in [0, 0.1) is 0 Å². The van der Waals surface area contributed by atoms with E-state index in [0.717, 1.165) is 11.0 Å². The molecule has 3 N–H and O–H groups in total. The average Bonchev–Trinajstić information content (AvgIpc) is 3.07. The summed E-state index contributed by atoms with van der Waals surface area (Å²) in [5.41, 5.74) is 1.86. The van der Waals surface area contributed by atoms with E-state index in [-0.39, 0.29) is 5.91 Å². The smallest absolute Gasteiger partial charge is 0.251 e. The SMILES string of the molecule is CN=C(NCCNC(=O)c1cccc(Br)c1)NCc1ccsc1. The van der Waals surface area contributed by atoms with E-state index in [0.29, 0.717) is 24.6 Å². The van der Waals surface area contributed by atoms with Gasteiger partial charge in [-0.1, -0.05) is 22.0 Å². The fourth-order valence-electron chi connectivity index (χ4n) is 1.89. The van der Waals surface area contributed by atoms with Crippen LogP contribution in [0.1, 0.15) is 15.9 Å². The van der Waals surface area contributed by atoms with Crippen molar-refractivity contribution in [1.82, 2.24) is 16.0 Å². The molecule has 2 aromatic rings. The third-order valence-electron chi connectivity index (χ3n) is 3.05. The molecule has 23 heavy (non-hydrogen) atoms. The quantitative estimate of drug-likeness (QED) is 0.400. The second-order valence-corrected chi connectivity index (χ2v) is 6.45. The largest absolute Gasteiger partial charge is 0.355 e. The number of halogens is 1. The zero-order chi connectivity index (χ0) is 16.5. The maximum absolute atomic E-state index is 12.0. The Morgan fingerprint density at radius 2 is 2.04 bits per heavy atom. The first kappa shape index (κ1) is 17.5. The summed E-state index contributed by atoms with van der Waals surface area (Å²) in [6.45, 7) is 1.85. The van der Waals surface area contributed by atoms with E-state index in [1.165, 1.54) is 5.56 Å². The minimum absolute atomic E-state index is 0.0886. The van der Waals surface area contributed by atoms with E-state index < -0.39 is 0 Å². The summed E-state index contributed by atoms with van der Waals surface area (Å²) < 4.78 is 0.890. The Morgan fingerprint density at radius 3 is 2.74 bits per heavy atom. The van der Waals surface area contributed by atoms with Crippen LogP contribution in [0.25, 0.3) is 0 Å². The minimum atomic E-state index is -0.0886. The highest BCUT2D eigenvalue weighted by Crippen LogP contribution is 2.11. The zero-order valence-electron chi connectivity index (χ0n) is 12.8. The van der Waals surface area contributed by atoms with Gasteiger partial charge in [0.25, 0.3) is 5.91 Å². The Morgan fingerprint density at radius 1 is 1.22 bits per heavy atom. The molecule has 5 nitrogen and oxygen atoms in total. The number of carbonyl (C=O) groups is 1. The predicted octanol–water partition coefficient (Wildman–Crippen LogP) is 2.61. The van der Waals surface area contributed by atoms with Crippen LogP contribution in [0.5, 0.6) is 0 Å². The summed E-state index contributed by atoms with van der Waals surface area (Å²) in [6.07, 6.45) is 0. The van der Waals surface area contributed by atoms with E-state index in [4.69, 9.17) is 0 Å². The summed E-state index contributed by atoms with van der Waals surface area (Å²) >= 11 is 5.03. The lowest BCUT2D eigenvalue weighted by atomic mass is 10.2. The molecule has 0 fully saturated rings. The molecule has 122 valence electrons. The fraction of sp³-hybridized carbons (Fsp3) is 0.250. The molecule has 1 amide bonds. The molecule has 0 spiro atoms. The summed E-state index contributed by atoms with van der Waals surface area (Å²) in [6, 6.07) is 9.39. The van der Waals surface area contributed by atoms with Crippen LogP contribution >= 0.6 is 27.3 Å². The molecule has 0 unspecified atom stereocenters. The summed E-state index contributed by atoms with van der Waals surface area (Å²) in [5, 5.41) is 13.4. The van der Waals surface area contributed by atoms with Gasteiger partial charge in [0, 0.05) is 36.7 Å². The molecule has 0 saturated heterocycles. The van der Waals surface area contributed by atoms with Crippen LogP contribution in [0.3, 0.4) is 0 Å². The average molecular weight is 395 g/mol. The molecule has 1 heterocycles. The van der Waals surface area contributed by atoms with Crippen LogP contribution in [-0.4, -0.2) is 32.0 Å². The Kier molecular flexibility index (Phi) is 7.09. The number of aliphatic imine (C=N–C) groups is 1. The minimum Gasteiger partial charge on any atom is -0.355 e. The number of rotatable bonds is 6. The number of thiophene rings is 1. The van der Waals surface area contributed by atoms with Crippen molar-refractivity contribution in [3.05, 3.63) is 56.7 Å². The number of carbonyl (C=O) groups excluding carboxylic acids is 1. The summed E-state index contributed by atoms with van der Waals surface area (Å²) in [5.74, 6) is 0.627. The van der Waals surface area contributed by atoms with Gasteiger partial charge in [-0.3, -0.25) is 9.79 Å². The molecule has 0 aliphatic rings. The fourth-order valence-corrected chi connectivity index (χ4v) is 2.96. The van der Waals surface area contributed by atoms with Crippen molar-refractivity contribution >= 4 is 39.1 Å². The topological polar surface area (TPSA) is 65.5 Å². The maximum atomic E-state index is 12.0. The van der Waals surface area contributed by atoms with E-state index in [1.54, 1.807) is 30.5 Å². The van der Waals surface area contributed by atoms with Gasteiger partial charge in [-0.15, -0.1) is 0 Å². The number of guanidine groups is 1. The van der Waals surface area contributed by atoms with Gasteiger partial charge in [-0.2, -0.15) is 11.3 Å². The van der Waals surface area contributed by atoms with Gasteiger partial charge in [0.1, 0.15) is 0 Å². The van der Waals surface area contributed by atoms with E-state index in [9.17, 15) is 4.79 Å². The molecule has 0 aliphatic heterocycles. The van der Waals surface area contributed by atoms with Gasteiger partial charge in [0.15, 0.2) is 5.96 Å². The second kappa shape index (κ2) is 9.32. The molecule has 0 saturated carbocycles. The van der Waals surface area contributed by atoms with Gasteiger partial charge < -0.3 is 16.0 Å². The molecule has 0 atom stereocenters. The van der Waals surface area contributed by atoms with Gasteiger partial charge in [-0.25, -0.2) is 0 Å². The van der Waals surface area contributed by atoms with Crippen molar-refractivity contribution in [3.8, 4) is 0 Å². The highest BCUT2D eigenvalue weighted by molar-refractivity contribution is 9.10. The normalized spacial score (nSPS) is 11.1. The number of hydrogen-bond donors (Lipinski definition) is 3. The third kappa shape index (κ3) is 6.03. The van der Waals surface area contributed by atoms with Crippen molar-refractivity contribution in [2.24, 2.45) is 4.99 Å². The van der Waals surface area contributed by atoms with Crippen LogP contribution in [0.15, 0.2) is 50.6 Å². The van der Waals surface area contributed by atoms with Crippen molar-refractivity contribution in [2.75, 3.05) is 20.1 Å². The first-order valence-electron chi connectivity index (χ1n) is 7.18. The Bertz CT molecular complexity index is 658. The Balaban J connectivity index is 1.68. The first-order valence-corrected chi connectivity index (χ1v) is 8.92. The molecule has 0 radical (unpaired) electrons. The Labute approximate surface area is 148 Å². The second-order valence-electron chi connectivity index (χ2n) is 4.75. The monoisotopic (exact) mass is 394 g/mol. The molecule has 2 rings (SSSR count). The van der Waals surface area contributed by atoms with Gasteiger partial charge in [0.05, 0.1) is 0 Å². The number of nitrogens with one attached hydrogen (secondary N) is 3. The van der Waals surface area contributed by atoms with Crippen LogP contribution < -0.4 is 16.0 Å². The van der Waals surface area contributed by atoms with E-state index >= 15 is 0 Å². The molecule has 7 heteroatoms. The van der Waals surface area contributed by atoms with Crippen molar-refractivity contribution in [3.63, 3.8) is 0 Å². The van der Waals surface area contributed by atoms with Crippen LogP contribution in [0.4, 0.5) is 0 Å². The standard InChI is InChI=1S/C16H19BrN4OS/c1-18-16(21-10-12-5-8-23-11-12)20-7-6-19-15(22)13-3-2-4-14(17)9-13/h2-5,8-9,11H,6-7,10H2,1H3,(H,19,22)(H2,18,20,21). The van der Waals surface area contributed by atoms with Crippen molar-refractivity contribution < 1.29 is 4.79 Å². The van der Waals surface area contributed by atoms with E-state index in [1.807, 2.05) is 17.5 Å². The number of hydrogen-bond acceptors (Lipinski definition) is 3. The number of nitrogens with zero attached hydrogens (tertiary/aromatic N) is 1. The van der Waals surface area contributed by atoms with Gasteiger partial charge >= 0.3 is 0 Å². The zero-order valence-corrected chi connectivity index (χ0v) is 15.2. The third-order valence-corrected chi connectivity index (χ3v) is 4.28. The van der Waals surface area contributed by atoms with Gasteiger partial charge in [-0.05, 0) is 40.6 Å². The summed E-state index contributed by atoms with van der Waals surface area (Å²) in [4.78, 5) is 16.1. The van der Waals surface area contributed by atoms with Crippen molar-refractivity contribution in [1.29, 1.82) is 0 Å². The van der Waals surface area contributed by atoms with Crippen molar-refractivity contribution in [2.45, 2.75) is 6.54 Å². The summed E-state index contributed by atoms with van der Waals surface area (Å²) in [7, 11) is 1.73. The molecular weight excluding hydrogens is 376 g/mol. The number of benzene rings is 1. The van der Waals surface area contributed by atoms with Gasteiger partial charge in [0.2, 0.25) is 0 Å². The lowest BCUT2D eigenvalue weighted by molar-refractivity contribution is 0.0954. The molecule has 1 aromatic heterocycles. The predicted molar refractivity (Wildman–Crippen MR) is 99.0 cm³/mol. The number of amides is 1. The lowest BCUT2D eigenvalue weighted by Crippen LogP contribution is -2.41. The maximum Gasteiger partial charge on any atom is 0.251 e. The van der Waals surface area contributed by atoms with Crippen LogP contribution in [-0.2, 0) is 6.54 Å². The molecule has 0 bridgehead atoms. The highest BCUT2D eigenvalue weighted by Gasteiger charge is 2.05.